The van der Waals surface area contributed by atoms with Crippen molar-refractivity contribution in [2.75, 3.05) is 11.9 Å². The van der Waals surface area contributed by atoms with E-state index < -0.39 is 0 Å². The molecule has 0 N–H and O–H groups in total. The second kappa shape index (κ2) is 5.48. The fraction of sp³-hybridized carbons (Fsp3) is 0.286. The molecule has 1 heterocycles. The van der Waals surface area contributed by atoms with Crippen LogP contribution in [0.5, 0.6) is 0 Å². The summed E-state index contributed by atoms with van der Waals surface area (Å²) in [4.78, 5) is 17.6. The lowest BCUT2D eigenvalue weighted by Gasteiger charge is -2.21. The quantitative estimate of drug-likeness (QED) is 0.803. The number of thiazole rings is 1. The lowest BCUT2D eigenvalue weighted by atomic mass is 10.1. The van der Waals surface area contributed by atoms with Gasteiger partial charge in [-0.05, 0) is 26.0 Å². The maximum Gasteiger partial charge on any atom is 0.161 e. The van der Waals surface area contributed by atoms with Crippen molar-refractivity contribution in [1.29, 1.82) is 0 Å². The Morgan fingerprint density at radius 1 is 1.47 bits per heavy atom. The summed E-state index contributed by atoms with van der Waals surface area (Å²) in [7, 11) is 1.76. The van der Waals surface area contributed by atoms with Crippen LogP contribution in [0.3, 0.4) is 0 Å². The molecule has 0 fully saturated rings. The van der Waals surface area contributed by atoms with E-state index in [1.54, 1.807) is 35.4 Å². The first-order chi connectivity index (χ1) is 8.99. The fourth-order valence-electron chi connectivity index (χ4n) is 1.99. The third-order valence-electron chi connectivity index (χ3n) is 2.81. The molecule has 0 bridgehead atoms. The molecule has 100 valence electrons. The zero-order valence-corrected chi connectivity index (χ0v) is 11.9. The van der Waals surface area contributed by atoms with E-state index in [1.807, 2.05) is 12.3 Å². The van der Waals surface area contributed by atoms with Gasteiger partial charge in [0.05, 0.1) is 22.9 Å². The molecule has 0 saturated carbocycles. The first kappa shape index (κ1) is 13.7. The van der Waals surface area contributed by atoms with Gasteiger partial charge in [-0.25, -0.2) is 9.37 Å². The maximum absolute atomic E-state index is 14.0. The second-order valence-corrected chi connectivity index (χ2v) is 5.47. The Labute approximate surface area is 115 Å². The van der Waals surface area contributed by atoms with Crippen molar-refractivity contribution in [3.05, 3.63) is 45.7 Å². The summed E-state index contributed by atoms with van der Waals surface area (Å²) in [5, 5.41) is 2.92. The summed E-state index contributed by atoms with van der Waals surface area (Å²) in [6.07, 6.45) is 0. The number of anilines is 1. The van der Waals surface area contributed by atoms with Crippen LogP contribution in [-0.4, -0.2) is 17.8 Å². The fourth-order valence-corrected chi connectivity index (χ4v) is 2.59. The third kappa shape index (κ3) is 2.98. The Kier molecular flexibility index (Phi) is 3.95. The van der Waals surface area contributed by atoms with E-state index in [0.29, 0.717) is 17.8 Å². The molecule has 5 heteroatoms. The normalized spacial score (nSPS) is 10.5. The highest BCUT2D eigenvalue weighted by Gasteiger charge is 2.16. The molecule has 0 aliphatic rings. The van der Waals surface area contributed by atoms with Gasteiger partial charge in [-0.1, -0.05) is 6.07 Å². The van der Waals surface area contributed by atoms with E-state index in [2.05, 4.69) is 4.98 Å². The minimum absolute atomic E-state index is 0.143. The topological polar surface area (TPSA) is 33.2 Å². The predicted octanol–water partition coefficient (Wildman–Crippen LogP) is 3.43. The Bertz CT molecular complexity index is 609. The summed E-state index contributed by atoms with van der Waals surface area (Å²) >= 11 is 1.56. The summed E-state index contributed by atoms with van der Waals surface area (Å²) in [5.41, 5.74) is 1.61. The van der Waals surface area contributed by atoms with E-state index >= 15 is 0 Å². The van der Waals surface area contributed by atoms with Crippen molar-refractivity contribution in [1.82, 2.24) is 4.98 Å². The van der Waals surface area contributed by atoms with E-state index in [9.17, 15) is 9.18 Å². The van der Waals surface area contributed by atoms with E-state index in [1.165, 1.54) is 13.0 Å². The largest absolute Gasteiger partial charge is 0.366 e. The SMILES string of the molecule is CC(=O)c1cccc(F)c1N(C)Cc1csc(C)n1. The number of hydrogen-bond donors (Lipinski definition) is 0. The molecule has 19 heavy (non-hydrogen) atoms. The highest BCUT2D eigenvalue weighted by Crippen LogP contribution is 2.25. The van der Waals surface area contributed by atoms with Crippen LogP contribution in [0, 0.1) is 12.7 Å². The number of para-hydroxylation sites is 1. The van der Waals surface area contributed by atoms with Gasteiger partial charge in [-0.15, -0.1) is 11.3 Å². The van der Waals surface area contributed by atoms with Gasteiger partial charge < -0.3 is 4.90 Å². The van der Waals surface area contributed by atoms with Crippen molar-refractivity contribution in [2.24, 2.45) is 0 Å². The average molecular weight is 278 g/mol. The number of halogens is 1. The minimum Gasteiger partial charge on any atom is -0.366 e. The first-order valence-electron chi connectivity index (χ1n) is 5.90. The molecular formula is C14H15FN2OS. The Balaban J connectivity index is 2.32. The van der Waals surface area contributed by atoms with Crippen LogP contribution < -0.4 is 4.90 Å². The molecule has 3 nitrogen and oxygen atoms in total. The molecule has 0 saturated heterocycles. The van der Waals surface area contributed by atoms with Crippen LogP contribution in [0.2, 0.25) is 0 Å². The highest BCUT2D eigenvalue weighted by molar-refractivity contribution is 7.09. The lowest BCUT2D eigenvalue weighted by Crippen LogP contribution is -2.20. The van der Waals surface area contributed by atoms with Gasteiger partial charge in [0.25, 0.3) is 0 Å². The molecule has 0 radical (unpaired) electrons. The highest BCUT2D eigenvalue weighted by atomic mass is 32.1. The predicted molar refractivity (Wildman–Crippen MR) is 75.4 cm³/mol. The molecule has 2 aromatic rings. The number of benzene rings is 1. The third-order valence-corrected chi connectivity index (χ3v) is 3.64. The maximum atomic E-state index is 14.0. The number of carbonyl (C=O) groups excluding carboxylic acids is 1. The van der Waals surface area contributed by atoms with Gasteiger partial charge in [0, 0.05) is 18.0 Å². The van der Waals surface area contributed by atoms with Crippen LogP contribution in [0.15, 0.2) is 23.6 Å². The second-order valence-electron chi connectivity index (χ2n) is 4.41. The molecule has 0 spiro atoms. The summed E-state index contributed by atoms with van der Waals surface area (Å²) < 4.78 is 14.0. The van der Waals surface area contributed by atoms with E-state index in [4.69, 9.17) is 0 Å². The van der Waals surface area contributed by atoms with Crippen LogP contribution >= 0.6 is 11.3 Å². The molecule has 0 unspecified atom stereocenters. The lowest BCUT2D eigenvalue weighted by molar-refractivity contribution is 0.101. The van der Waals surface area contributed by atoms with Crippen molar-refractivity contribution in [3.8, 4) is 0 Å². The molecule has 0 aliphatic carbocycles. The Hall–Kier alpha value is -1.75. The van der Waals surface area contributed by atoms with E-state index in [0.717, 1.165) is 10.7 Å². The van der Waals surface area contributed by atoms with Gasteiger partial charge in [-0.3, -0.25) is 4.79 Å². The summed E-state index contributed by atoms with van der Waals surface area (Å²) in [6.45, 7) is 3.85. The van der Waals surface area contributed by atoms with Gasteiger partial charge in [0.15, 0.2) is 5.78 Å². The zero-order valence-electron chi connectivity index (χ0n) is 11.1. The molecular weight excluding hydrogens is 263 g/mol. The molecule has 1 aromatic carbocycles. The van der Waals surface area contributed by atoms with Gasteiger partial charge >= 0.3 is 0 Å². The van der Waals surface area contributed by atoms with Crippen LogP contribution in [0.4, 0.5) is 10.1 Å². The number of hydrogen-bond acceptors (Lipinski definition) is 4. The Morgan fingerprint density at radius 2 is 2.21 bits per heavy atom. The van der Waals surface area contributed by atoms with Crippen molar-refractivity contribution >= 4 is 22.8 Å². The molecule has 0 aliphatic heterocycles. The summed E-state index contributed by atoms with van der Waals surface area (Å²) in [6, 6.07) is 4.56. The molecule has 0 amide bonds. The first-order valence-corrected chi connectivity index (χ1v) is 6.78. The standard InChI is InChI=1S/C14H15FN2OS/c1-9(18)12-5-4-6-13(15)14(12)17(3)7-11-8-19-10(2)16-11/h4-6,8H,7H2,1-3H3. The minimum atomic E-state index is -0.387. The molecule has 2 rings (SSSR count). The average Bonchev–Trinajstić information content (AvgIpc) is 2.74. The van der Waals surface area contributed by atoms with Crippen molar-refractivity contribution in [3.63, 3.8) is 0 Å². The van der Waals surface area contributed by atoms with Crippen molar-refractivity contribution in [2.45, 2.75) is 20.4 Å². The van der Waals surface area contributed by atoms with Crippen LogP contribution in [0.1, 0.15) is 28.0 Å². The number of aromatic nitrogens is 1. The molecule has 1 aromatic heterocycles. The van der Waals surface area contributed by atoms with Crippen LogP contribution in [-0.2, 0) is 6.54 Å². The van der Waals surface area contributed by atoms with Crippen molar-refractivity contribution < 1.29 is 9.18 Å². The number of carbonyl (C=O) groups is 1. The van der Waals surface area contributed by atoms with Gasteiger partial charge in [0.2, 0.25) is 0 Å². The smallest absolute Gasteiger partial charge is 0.161 e. The van der Waals surface area contributed by atoms with E-state index in [-0.39, 0.29) is 11.6 Å². The number of ketones is 1. The zero-order chi connectivity index (χ0) is 14.0. The number of Topliss-reactive ketones (excluding diaryl/α,β-unsaturated/α-hetero) is 1. The summed E-state index contributed by atoms with van der Waals surface area (Å²) in [5.74, 6) is -0.530. The monoisotopic (exact) mass is 278 g/mol. The van der Waals surface area contributed by atoms with Gasteiger partial charge in [-0.2, -0.15) is 0 Å². The Morgan fingerprint density at radius 3 is 2.79 bits per heavy atom. The number of aryl methyl sites for hydroxylation is 1. The molecule has 0 atom stereocenters. The van der Waals surface area contributed by atoms with Gasteiger partial charge in [0.1, 0.15) is 5.82 Å². The number of nitrogens with zero attached hydrogens (tertiary/aromatic N) is 2. The number of rotatable bonds is 4. The van der Waals surface area contributed by atoms with Crippen LogP contribution in [0.25, 0.3) is 0 Å².